The maximum atomic E-state index is 12.4. The number of hydrogen-bond acceptors (Lipinski definition) is 3. The average molecular weight is 361 g/mol. The summed E-state index contributed by atoms with van der Waals surface area (Å²) in [7, 11) is 0. The summed E-state index contributed by atoms with van der Waals surface area (Å²) in [6, 6.07) is 12.0. The fraction of sp³-hybridized carbons (Fsp3) is 0.316. The second-order valence-electron chi connectivity index (χ2n) is 6.04. The number of amides is 2. The molecule has 2 amide bonds. The van der Waals surface area contributed by atoms with Gasteiger partial charge in [0.2, 0.25) is 0 Å². The molecule has 2 aromatic carbocycles. The van der Waals surface area contributed by atoms with Gasteiger partial charge in [-0.25, -0.2) is 4.79 Å². The van der Waals surface area contributed by atoms with E-state index < -0.39 is 18.2 Å². The Bertz CT molecular complexity index is 766. The molecule has 2 aromatic rings. The first-order valence-electron chi connectivity index (χ1n) is 8.34. The number of rotatable bonds is 5. The van der Waals surface area contributed by atoms with Gasteiger partial charge < -0.3 is 20.5 Å². The van der Waals surface area contributed by atoms with E-state index in [4.69, 9.17) is 16.3 Å². The largest absolute Gasteiger partial charge is 0.491 e. The van der Waals surface area contributed by atoms with Crippen LogP contribution in [0.25, 0.3) is 0 Å². The number of anilines is 1. The Morgan fingerprint density at radius 2 is 2.12 bits per heavy atom. The Balaban J connectivity index is 1.72. The monoisotopic (exact) mass is 360 g/mol. The number of benzene rings is 2. The van der Waals surface area contributed by atoms with Crippen LogP contribution in [-0.4, -0.2) is 23.8 Å². The third-order valence-corrected chi connectivity index (χ3v) is 4.38. The predicted octanol–water partition coefficient (Wildman–Crippen LogP) is 3.91. The van der Waals surface area contributed by atoms with Crippen LogP contribution in [0.1, 0.15) is 30.5 Å². The Labute approximate surface area is 152 Å². The minimum Gasteiger partial charge on any atom is -0.491 e. The molecule has 1 aliphatic carbocycles. The molecule has 2 atom stereocenters. The van der Waals surface area contributed by atoms with Gasteiger partial charge >= 0.3 is 6.03 Å². The van der Waals surface area contributed by atoms with Crippen molar-refractivity contribution in [3.05, 3.63) is 58.6 Å². The van der Waals surface area contributed by atoms with E-state index in [-0.39, 0.29) is 0 Å². The lowest BCUT2D eigenvalue weighted by atomic mass is 10.1. The van der Waals surface area contributed by atoms with Crippen LogP contribution < -0.4 is 15.4 Å². The summed E-state index contributed by atoms with van der Waals surface area (Å²) in [6.07, 6.45) is 0.751. The lowest BCUT2D eigenvalue weighted by Gasteiger charge is -2.19. The summed E-state index contributed by atoms with van der Waals surface area (Å²) in [6.45, 7) is 2.56. The van der Waals surface area contributed by atoms with E-state index in [1.807, 2.05) is 31.2 Å². The van der Waals surface area contributed by atoms with E-state index in [0.717, 1.165) is 17.5 Å². The highest BCUT2D eigenvalue weighted by Crippen LogP contribution is 2.32. The molecule has 0 radical (unpaired) electrons. The summed E-state index contributed by atoms with van der Waals surface area (Å²) in [5.41, 5.74) is 2.49. The van der Waals surface area contributed by atoms with Gasteiger partial charge in [-0.3, -0.25) is 0 Å². The van der Waals surface area contributed by atoms with Gasteiger partial charge in [-0.2, -0.15) is 0 Å². The van der Waals surface area contributed by atoms with Crippen LogP contribution in [0.15, 0.2) is 42.5 Å². The second-order valence-corrected chi connectivity index (χ2v) is 6.47. The predicted molar refractivity (Wildman–Crippen MR) is 98.3 cm³/mol. The van der Waals surface area contributed by atoms with Crippen LogP contribution in [0.4, 0.5) is 10.5 Å². The maximum Gasteiger partial charge on any atom is 0.319 e. The number of aliphatic hydroxyl groups excluding tert-OH is 1. The molecule has 0 saturated heterocycles. The third kappa shape index (κ3) is 4.06. The van der Waals surface area contributed by atoms with Gasteiger partial charge in [0, 0.05) is 11.4 Å². The number of nitrogens with one attached hydrogen (secondary N) is 2. The zero-order valence-corrected chi connectivity index (χ0v) is 14.7. The first-order valence-corrected chi connectivity index (χ1v) is 8.72. The molecule has 6 heteroatoms. The number of aliphatic hydroxyl groups is 1. The van der Waals surface area contributed by atoms with E-state index >= 15 is 0 Å². The fourth-order valence-electron chi connectivity index (χ4n) is 2.99. The molecule has 1 aliphatic rings. The number of carbonyl (C=O) groups is 1. The van der Waals surface area contributed by atoms with E-state index in [1.165, 1.54) is 0 Å². The van der Waals surface area contributed by atoms with Crippen molar-refractivity contribution in [3.8, 4) is 5.75 Å². The number of hydrogen-bond donors (Lipinski definition) is 3. The molecule has 0 spiro atoms. The van der Waals surface area contributed by atoms with Crippen molar-refractivity contribution < 1.29 is 14.6 Å². The van der Waals surface area contributed by atoms with Crippen molar-refractivity contribution in [2.45, 2.75) is 31.9 Å². The van der Waals surface area contributed by atoms with E-state index in [2.05, 4.69) is 10.6 Å². The quantitative estimate of drug-likeness (QED) is 0.757. The minimum atomic E-state index is -0.640. The summed E-state index contributed by atoms with van der Waals surface area (Å²) >= 11 is 6.03. The van der Waals surface area contributed by atoms with Crippen molar-refractivity contribution >= 4 is 23.3 Å². The smallest absolute Gasteiger partial charge is 0.319 e. The fourth-order valence-corrected chi connectivity index (χ4v) is 3.16. The Morgan fingerprint density at radius 3 is 2.92 bits per heavy atom. The molecule has 0 unspecified atom stereocenters. The molecule has 0 bridgehead atoms. The molecule has 0 aliphatic heterocycles. The van der Waals surface area contributed by atoms with Gasteiger partial charge in [0.1, 0.15) is 5.75 Å². The Morgan fingerprint density at radius 1 is 1.32 bits per heavy atom. The molecule has 0 heterocycles. The van der Waals surface area contributed by atoms with Crippen molar-refractivity contribution in [1.82, 2.24) is 5.32 Å². The molecule has 0 saturated carbocycles. The number of halogens is 1. The lowest BCUT2D eigenvalue weighted by Crippen LogP contribution is -2.36. The normalized spacial score (nSPS) is 18.5. The Hall–Kier alpha value is -2.24. The minimum absolute atomic E-state index is 0.413. The number of ether oxygens (including phenoxy) is 1. The average Bonchev–Trinajstić information content (AvgIpc) is 2.90. The number of urea groups is 1. The first kappa shape index (κ1) is 17.6. The first-order chi connectivity index (χ1) is 12.1. The SMILES string of the molecule is CCCOc1ccc(Cl)cc1NC(=O)N[C@@H]1c2ccccc2C[C@@H]1O. The molecule has 3 N–H and O–H groups in total. The summed E-state index contributed by atoms with van der Waals surface area (Å²) in [5, 5.41) is 16.4. The van der Waals surface area contributed by atoms with Crippen LogP contribution in [0, 0.1) is 0 Å². The summed E-state index contributed by atoms with van der Waals surface area (Å²) < 4.78 is 5.64. The molecule has 25 heavy (non-hydrogen) atoms. The lowest BCUT2D eigenvalue weighted by molar-refractivity contribution is 0.144. The van der Waals surface area contributed by atoms with E-state index in [9.17, 15) is 9.90 Å². The Kier molecular flexibility index (Phi) is 5.46. The van der Waals surface area contributed by atoms with Gasteiger partial charge in [0.05, 0.1) is 24.4 Å². The van der Waals surface area contributed by atoms with Crippen molar-refractivity contribution in [2.75, 3.05) is 11.9 Å². The highest BCUT2D eigenvalue weighted by molar-refractivity contribution is 6.31. The summed E-state index contributed by atoms with van der Waals surface area (Å²) in [5.74, 6) is 0.564. The van der Waals surface area contributed by atoms with Gasteiger partial charge in [-0.05, 0) is 35.7 Å². The molecular formula is C19H21ClN2O3. The molecule has 0 fully saturated rings. The number of fused-ring (bicyclic) bond motifs is 1. The van der Waals surface area contributed by atoms with Crippen molar-refractivity contribution in [1.29, 1.82) is 0 Å². The highest BCUT2D eigenvalue weighted by atomic mass is 35.5. The van der Waals surface area contributed by atoms with Crippen molar-refractivity contribution in [3.63, 3.8) is 0 Å². The van der Waals surface area contributed by atoms with Crippen LogP contribution >= 0.6 is 11.6 Å². The molecule has 3 rings (SSSR count). The van der Waals surface area contributed by atoms with Gasteiger partial charge in [-0.1, -0.05) is 42.8 Å². The summed E-state index contributed by atoms with van der Waals surface area (Å²) in [4.78, 5) is 12.4. The zero-order valence-electron chi connectivity index (χ0n) is 14.0. The third-order valence-electron chi connectivity index (χ3n) is 4.14. The van der Waals surface area contributed by atoms with Crippen LogP contribution in [0.2, 0.25) is 5.02 Å². The molecular weight excluding hydrogens is 340 g/mol. The van der Waals surface area contributed by atoms with Gasteiger partial charge in [-0.15, -0.1) is 0 Å². The number of carbonyl (C=O) groups excluding carboxylic acids is 1. The van der Waals surface area contributed by atoms with Gasteiger partial charge in [0.15, 0.2) is 0 Å². The molecule has 132 valence electrons. The van der Waals surface area contributed by atoms with Gasteiger partial charge in [0.25, 0.3) is 0 Å². The van der Waals surface area contributed by atoms with E-state index in [0.29, 0.717) is 29.5 Å². The molecule has 5 nitrogen and oxygen atoms in total. The van der Waals surface area contributed by atoms with Crippen LogP contribution in [0.5, 0.6) is 5.75 Å². The van der Waals surface area contributed by atoms with Crippen LogP contribution in [0.3, 0.4) is 0 Å². The second kappa shape index (κ2) is 7.76. The topological polar surface area (TPSA) is 70.6 Å². The standard InChI is InChI=1S/C19H21ClN2O3/c1-2-9-25-17-8-7-13(20)11-15(17)21-19(24)22-18-14-6-4-3-5-12(14)10-16(18)23/h3-8,11,16,18,23H,2,9-10H2,1H3,(H2,21,22,24)/t16-,18+/m0/s1. The van der Waals surface area contributed by atoms with Crippen LogP contribution in [-0.2, 0) is 6.42 Å². The maximum absolute atomic E-state index is 12.4. The zero-order chi connectivity index (χ0) is 17.8. The molecule has 0 aromatic heterocycles. The highest BCUT2D eigenvalue weighted by Gasteiger charge is 2.31. The van der Waals surface area contributed by atoms with Crippen molar-refractivity contribution in [2.24, 2.45) is 0 Å². The van der Waals surface area contributed by atoms with E-state index in [1.54, 1.807) is 18.2 Å².